The van der Waals surface area contributed by atoms with Crippen LogP contribution in [0, 0.1) is 0 Å². The molecule has 0 amide bonds. The van der Waals surface area contributed by atoms with E-state index in [9.17, 15) is 4.79 Å². The van der Waals surface area contributed by atoms with Gasteiger partial charge in [-0.3, -0.25) is 9.78 Å². The predicted octanol–water partition coefficient (Wildman–Crippen LogP) is 1.15. The van der Waals surface area contributed by atoms with Gasteiger partial charge in [0, 0.05) is 18.7 Å². The number of ether oxygens (including phenoxy) is 2. The van der Waals surface area contributed by atoms with Gasteiger partial charge in [-0.1, -0.05) is 0 Å². The molecule has 1 heterocycles. The van der Waals surface area contributed by atoms with Gasteiger partial charge in [0.15, 0.2) is 0 Å². The summed E-state index contributed by atoms with van der Waals surface area (Å²) in [6.45, 7) is 1.60. The van der Waals surface area contributed by atoms with Crippen LogP contribution < -0.4 is 4.74 Å². The summed E-state index contributed by atoms with van der Waals surface area (Å²) in [4.78, 5) is 14.4. The predicted molar refractivity (Wildman–Crippen MR) is 46.3 cm³/mol. The zero-order valence-electron chi connectivity index (χ0n) is 7.61. The van der Waals surface area contributed by atoms with E-state index in [1.165, 1.54) is 6.92 Å². The highest BCUT2D eigenvalue weighted by molar-refractivity contribution is 5.65. The maximum Gasteiger partial charge on any atom is 0.302 e. The molecule has 0 unspecified atom stereocenters. The van der Waals surface area contributed by atoms with Gasteiger partial charge >= 0.3 is 5.97 Å². The molecule has 0 fully saturated rings. The number of pyridine rings is 1. The average Bonchev–Trinajstić information content (AvgIpc) is 2.15. The van der Waals surface area contributed by atoms with Gasteiger partial charge in [0.1, 0.15) is 12.4 Å². The van der Waals surface area contributed by atoms with Crippen molar-refractivity contribution in [2.75, 3.05) is 7.11 Å². The number of carbonyl (C=O) groups excluding carboxylic acids is 1. The number of methoxy groups -OCH3 is 1. The van der Waals surface area contributed by atoms with Crippen molar-refractivity contribution < 1.29 is 14.3 Å². The SMILES string of the molecule is COc1cncc(COC(C)=O)c1. The van der Waals surface area contributed by atoms with Gasteiger partial charge in [-0.25, -0.2) is 0 Å². The van der Waals surface area contributed by atoms with E-state index in [1.54, 1.807) is 25.6 Å². The fraction of sp³-hybridized carbons (Fsp3) is 0.333. The molecule has 0 atom stereocenters. The number of hydrogen-bond acceptors (Lipinski definition) is 4. The zero-order valence-corrected chi connectivity index (χ0v) is 7.61. The molecule has 13 heavy (non-hydrogen) atoms. The molecule has 1 rings (SSSR count). The van der Waals surface area contributed by atoms with Crippen LogP contribution in [0.25, 0.3) is 0 Å². The second-order valence-corrected chi connectivity index (χ2v) is 2.51. The Morgan fingerprint density at radius 2 is 2.31 bits per heavy atom. The lowest BCUT2D eigenvalue weighted by Crippen LogP contribution is -1.99. The summed E-state index contributed by atoms with van der Waals surface area (Å²) in [5, 5.41) is 0. The minimum Gasteiger partial charge on any atom is -0.495 e. The van der Waals surface area contributed by atoms with Crippen molar-refractivity contribution in [3.05, 3.63) is 24.0 Å². The molecule has 0 spiro atoms. The molecule has 0 aliphatic carbocycles. The Morgan fingerprint density at radius 1 is 1.54 bits per heavy atom. The van der Waals surface area contributed by atoms with E-state index >= 15 is 0 Å². The van der Waals surface area contributed by atoms with Crippen LogP contribution in [0.15, 0.2) is 18.5 Å². The standard InChI is InChI=1S/C9H11NO3/c1-7(11)13-6-8-3-9(12-2)5-10-4-8/h3-5H,6H2,1-2H3. The molecule has 70 valence electrons. The molecule has 0 radical (unpaired) electrons. The Labute approximate surface area is 76.5 Å². The molecule has 1 aromatic heterocycles. The van der Waals surface area contributed by atoms with E-state index in [1.807, 2.05) is 0 Å². The van der Waals surface area contributed by atoms with E-state index in [0.717, 1.165) is 5.56 Å². The monoisotopic (exact) mass is 181 g/mol. The zero-order chi connectivity index (χ0) is 9.68. The van der Waals surface area contributed by atoms with E-state index in [0.29, 0.717) is 5.75 Å². The lowest BCUT2D eigenvalue weighted by atomic mass is 10.3. The molecule has 0 aliphatic rings. The largest absolute Gasteiger partial charge is 0.495 e. The average molecular weight is 181 g/mol. The maximum atomic E-state index is 10.5. The maximum absolute atomic E-state index is 10.5. The third-order valence-corrected chi connectivity index (χ3v) is 1.45. The molecular weight excluding hydrogens is 170 g/mol. The van der Waals surface area contributed by atoms with E-state index < -0.39 is 0 Å². The summed E-state index contributed by atoms with van der Waals surface area (Å²) in [7, 11) is 1.56. The highest BCUT2D eigenvalue weighted by Gasteiger charge is 1.98. The van der Waals surface area contributed by atoms with E-state index in [4.69, 9.17) is 9.47 Å². The van der Waals surface area contributed by atoms with Crippen molar-refractivity contribution in [1.29, 1.82) is 0 Å². The summed E-state index contributed by atoms with van der Waals surface area (Å²) in [6.07, 6.45) is 3.22. The number of nitrogens with zero attached hydrogens (tertiary/aromatic N) is 1. The molecule has 1 aromatic rings. The Balaban J connectivity index is 2.61. The molecule has 0 saturated carbocycles. The van der Waals surface area contributed by atoms with Gasteiger partial charge in [0.25, 0.3) is 0 Å². The first-order chi connectivity index (χ1) is 6.22. The summed E-state index contributed by atoms with van der Waals surface area (Å²) in [5.74, 6) is 0.354. The Bertz CT molecular complexity index is 299. The summed E-state index contributed by atoms with van der Waals surface area (Å²) >= 11 is 0. The normalized spacial score (nSPS) is 9.38. The lowest BCUT2D eigenvalue weighted by Gasteiger charge is -2.03. The van der Waals surface area contributed by atoms with Crippen LogP contribution >= 0.6 is 0 Å². The Morgan fingerprint density at radius 3 is 2.92 bits per heavy atom. The summed E-state index contributed by atoms with van der Waals surface area (Å²) < 4.78 is 9.75. The third kappa shape index (κ3) is 3.11. The van der Waals surface area contributed by atoms with E-state index in [2.05, 4.69) is 4.98 Å². The van der Waals surface area contributed by atoms with Gasteiger partial charge in [-0.15, -0.1) is 0 Å². The van der Waals surface area contributed by atoms with Crippen LogP contribution in [0.3, 0.4) is 0 Å². The molecule has 0 N–H and O–H groups in total. The molecule has 0 aromatic carbocycles. The number of carbonyl (C=O) groups is 1. The van der Waals surface area contributed by atoms with Crippen LogP contribution in [0.5, 0.6) is 5.75 Å². The van der Waals surface area contributed by atoms with Gasteiger partial charge < -0.3 is 9.47 Å². The fourth-order valence-corrected chi connectivity index (χ4v) is 0.839. The van der Waals surface area contributed by atoms with E-state index in [-0.39, 0.29) is 12.6 Å². The van der Waals surface area contributed by atoms with Crippen LogP contribution in [0.1, 0.15) is 12.5 Å². The van der Waals surface area contributed by atoms with Crippen molar-refractivity contribution in [3.63, 3.8) is 0 Å². The second-order valence-electron chi connectivity index (χ2n) is 2.51. The Kier molecular flexibility index (Phi) is 3.25. The van der Waals surface area contributed by atoms with Crippen molar-refractivity contribution in [3.8, 4) is 5.75 Å². The molecule has 0 bridgehead atoms. The first-order valence-corrected chi connectivity index (χ1v) is 3.83. The smallest absolute Gasteiger partial charge is 0.302 e. The van der Waals surface area contributed by atoms with Crippen LogP contribution in [-0.2, 0) is 16.1 Å². The summed E-state index contributed by atoms with van der Waals surface area (Å²) in [5.41, 5.74) is 0.814. The lowest BCUT2D eigenvalue weighted by molar-refractivity contribution is -0.142. The van der Waals surface area contributed by atoms with Crippen molar-refractivity contribution in [2.45, 2.75) is 13.5 Å². The third-order valence-electron chi connectivity index (χ3n) is 1.45. The molecule has 0 saturated heterocycles. The quantitative estimate of drug-likeness (QED) is 0.656. The number of aromatic nitrogens is 1. The number of hydrogen-bond donors (Lipinski definition) is 0. The minimum absolute atomic E-state index is 0.236. The van der Waals surface area contributed by atoms with Crippen molar-refractivity contribution >= 4 is 5.97 Å². The first-order valence-electron chi connectivity index (χ1n) is 3.83. The van der Waals surface area contributed by atoms with Crippen LogP contribution in [0.4, 0.5) is 0 Å². The summed E-state index contributed by atoms with van der Waals surface area (Å²) in [6, 6.07) is 1.77. The van der Waals surface area contributed by atoms with Gasteiger partial charge in [-0.2, -0.15) is 0 Å². The highest BCUT2D eigenvalue weighted by Crippen LogP contribution is 2.10. The molecule has 0 aliphatic heterocycles. The molecule has 4 nitrogen and oxygen atoms in total. The molecule has 4 heteroatoms. The topological polar surface area (TPSA) is 48.4 Å². The number of rotatable bonds is 3. The number of esters is 1. The van der Waals surface area contributed by atoms with Crippen molar-refractivity contribution in [1.82, 2.24) is 4.98 Å². The van der Waals surface area contributed by atoms with Gasteiger partial charge in [0.05, 0.1) is 13.3 Å². The highest BCUT2D eigenvalue weighted by atomic mass is 16.5. The van der Waals surface area contributed by atoms with Gasteiger partial charge in [-0.05, 0) is 6.07 Å². The second kappa shape index (κ2) is 4.45. The molecular formula is C9H11NO3. The van der Waals surface area contributed by atoms with Gasteiger partial charge in [0.2, 0.25) is 0 Å². The Hall–Kier alpha value is -1.58. The first kappa shape index (κ1) is 9.51. The van der Waals surface area contributed by atoms with Crippen molar-refractivity contribution in [2.24, 2.45) is 0 Å². The van der Waals surface area contributed by atoms with Crippen LogP contribution in [-0.4, -0.2) is 18.1 Å². The van der Waals surface area contributed by atoms with Crippen LogP contribution in [0.2, 0.25) is 0 Å². The minimum atomic E-state index is -0.303. The fourth-order valence-electron chi connectivity index (χ4n) is 0.839.